The van der Waals surface area contributed by atoms with Crippen molar-refractivity contribution in [2.75, 3.05) is 26.7 Å². The van der Waals surface area contributed by atoms with E-state index < -0.39 is 0 Å². The molecule has 6 nitrogen and oxygen atoms in total. The van der Waals surface area contributed by atoms with E-state index in [0.29, 0.717) is 0 Å². The van der Waals surface area contributed by atoms with Crippen LogP contribution in [0.25, 0.3) is 0 Å². The van der Waals surface area contributed by atoms with Gasteiger partial charge in [-0.1, -0.05) is 12.8 Å². The molecule has 2 rings (SSSR count). The maximum Gasteiger partial charge on any atom is 0.318 e. The Morgan fingerprint density at radius 3 is 2.58 bits per heavy atom. The number of nitrogens with zero attached hydrogens (tertiary/aromatic N) is 4. The summed E-state index contributed by atoms with van der Waals surface area (Å²) in [6.07, 6.45) is 8.38. The number of nitrogens with one attached hydrogen (secondary N) is 1. The summed E-state index contributed by atoms with van der Waals surface area (Å²) < 4.78 is 0. The number of rotatable bonds is 5. The molecule has 1 aromatic rings. The first-order valence-corrected chi connectivity index (χ1v) is 8.92. The SMILES string of the molecule is CC(c1ccncn1)N(C)C(=O)NC(C)(C)CN1CCCCCC1. The Balaban J connectivity index is 1.91. The predicted octanol–water partition coefficient (Wildman–Crippen LogP) is 2.83. The van der Waals surface area contributed by atoms with Crippen molar-refractivity contribution in [2.24, 2.45) is 0 Å². The molecular formula is C18H31N5O. The Hall–Kier alpha value is -1.69. The van der Waals surface area contributed by atoms with E-state index in [1.807, 2.05) is 20.0 Å². The minimum absolute atomic E-state index is 0.0686. The number of aromatic nitrogens is 2. The zero-order valence-electron chi connectivity index (χ0n) is 15.5. The molecule has 1 fully saturated rings. The quantitative estimate of drug-likeness (QED) is 0.900. The third-order valence-electron chi connectivity index (χ3n) is 4.70. The molecule has 0 saturated carbocycles. The maximum absolute atomic E-state index is 12.6. The van der Waals surface area contributed by atoms with Gasteiger partial charge < -0.3 is 15.1 Å². The second kappa shape index (κ2) is 8.42. The first-order valence-electron chi connectivity index (χ1n) is 8.92. The summed E-state index contributed by atoms with van der Waals surface area (Å²) in [5.41, 5.74) is 0.578. The van der Waals surface area contributed by atoms with Gasteiger partial charge in [0.15, 0.2) is 0 Å². The molecule has 1 atom stereocenters. The molecule has 1 unspecified atom stereocenters. The molecule has 0 radical (unpaired) electrons. The van der Waals surface area contributed by atoms with Crippen LogP contribution >= 0.6 is 0 Å². The second-order valence-electron chi connectivity index (χ2n) is 7.43. The van der Waals surface area contributed by atoms with Gasteiger partial charge in [-0.3, -0.25) is 0 Å². The minimum Gasteiger partial charge on any atom is -0.332 e. The van der Waals surface area contributed by atoms with Crippen LogP contribution < -0.4 is 5.32 Å². The molecule has 0 aromatic carbocycles. The van der Waals surface area contributed by atoms with E-state index >= 15 is 0 Å². The molecule has 1 aliphatic rings. The van der Waals surface area contributed by atoms with Gasteiger partial charge in [0.25, 0.3) is 0 Å². The molecule has 1 aromatic heterocycles. The van der Waals surface area contributed by atoms with Crippen molar-refractivity contribution in [3.8, 4) is 0 Å². The van der Waals surface area contributed by atoms with Crippen LogP contribution in [0.4, 0.5) is 4.79 Å². The highest BCUT2D eigenvalue weighted by atomic mass is 16.2. The maximum atomic E-state index is 12.6. The van der Waals surface area contributed by atoms with Crippen LogP contribution in [-0.2, 0) is 0 Å². The average molecular weight is 333 g/mol. The number of urea groups is 1. The Bertz CT molecular complexity index is 511. The number of likely N-dealkylation sites (tertiary alicyclic amines) is 1. The number of hydrogen-bond donors (Lipinski definition) is 1. The van der Waals surface area contributed by atoms with Gasteiger partial charge in [-0.05, 0) is 52.8 Å². The Kier molecular flexibility index (Phi) is 6.54. The van der Waals surface area contributed by atoms with Crippen molar-refractivity contribution in [1.82, 2.24) is 25.1 Å². The van der Waals surface area contributed by atoms with Gasteiger partial charge in [0.2, 0.25) is 0 Å². The Labute approximate surface area is 145 Å². The summed E-state index contributed by atoms with van der Waals surface area (Å²) in [7, 11) is 1.81. The Morgan fingerprint density at radius 1 is 1.33 bits per heavy atom. The fraction of sp³-hybridized carbons (Fsp3) is 0.722. The average Bonchev–Trinajstić information content (AvgIpc) is 2.81. The fourth-order valence-electron chi connectivity index (χ4n) is 3.19. The molecule has 1 saturated heterocycles. The third-order valence-corrected chi connectivity index (χ3v) is 4.70. The number of carbonyl (C=O) groups excluding carboxylic acids is 1. The van der Waals surface area contributed by atoms with E-state index in [-0.39, 0.29) is 17.6 Å². The topological polar surface area (TPSA) is 61.4 Å². The summed E-state index contributed by atoms with van der Waals surface area (Å²) >= 11 is 0. The number of carbonyl (C=O) groups is 1. The van der Waals surface area contributed by atoms with Gasteiger partial charge in [0.05, 0.1) is 11.7 Å². The molecule has 134 valence electrons. The zero-order valence-corrected chi connectivity index (χ0v) is 15.5. The van der Waals surface area contributed by atoms with Crippen LogP contribution in [0.2, 0.25) is 0 Å². The van der Waals surface area contributed by atoms with E-state index in [4.69, 9.17) is 0 Å². The van der Waals surface area contributed by atoms with E-state index in [1.54, 1.807) is 11.1 Å². The fourth-order valence-corrected chi connectivity index (χ4v) is 3.19. The molecule has 24 heavy (non-hydrogen) atoms. The smallest absolute Gasteiger partial charge is 0.318 e. The predicted molar refractivity (Wildman–Crippen MR) is 95.7 cm³/mol. The lowest BCUT2D eigenvalue weighted by Gasteiger charge is -2.35. The molecule has 1 N–H and O–H groups in total. The van der Waals surface area contributed by atoms with Crippen molar-refractivity contribution in [1.29, 1.82) is 0 Å². The van der Waals surface area contributed by atoms with Crippen LogP contribution in [0, 0.1) is 0 Å². The normalized spacial score (nSPS) is 17.8. The van der Waals surface area contributed by atoms with Gasteiger partial charge in [0, 0.05) is 25.3 Å². The van der Waals surface area contributed by atoms with Crippen molar-refractivity contribution in [2.45, 2.75) is 58.0 Å². The van der Waals surface area contributed by atoms with Crippen LogP contribution in [0.15, 0.2) is 18.6 Å². The molecule has 0 aliphatic carbocycles. The second-order valence-corrected chi connectivity index (χ2v) is 7.43. The highest BCUT2D eigenvalue weighted by Gasteiger charge is 2.27. The summed E-state index contributed by atoms with van der Waals surface area (Å²) in [6.45, 7) is 9.31. The number of amides is 2. The molecular weight excluding hydrogens is 302 g/mol. The van der Waals surface area contributed by atoms with Gasteiger partial charge in [-0.15, -0.1) is 0 Å². The molecule has 0 spiro atoms. The monoisotopic (exact) mass is 333 g/mol. The van der Waals surface area contributed by atoms with Gasteiger partial charge in [-0.25, -0.2) is 14.8 Å². The van der Waals surface area contributed by atoms with Crippen molar-refractivity contribution in [3.05, 3.63) is 24.3 Å². The van der Waals surface area contributed by atoms with E-state index in [1.165, 1.54) is 32.0 Å². The highest BCUT2D eigenvalue weighted by molar-refractivity contribution is 5.75. The van der Waals surface area contributed by atoms with E-state index in [2.05, 4.69) is 34.0 Å². The van der Waals surface area contributed by atoms with Crippen molar-refractivity contribution >= 4 is 6.03 Å². The molecule has 0 bridgehead atoms. The zero-order chi connectivity index (χ0) is 17.6. The largest absolute Gasteiger partial charge is 0.332 e. The van der Waals surface area contributed by atoms with Crippen LogP contribution in [0.5, 0.6) is 0 Å². The van der Waals surface area contributed by atoms with Gasteiger partial charge in [-0.2, -0.15) is 0 Å². The van der Waals surface area contributed by atoms with Gasteiger partial charge in [0.1, 0.15) is 6.33 Å². The first kappa shape index (κ1) is 18.6. The summed E-state index contributed by atoms with van der Waals surface area (Å²) in [6, 6.07) is 1.68. The Morgan fingerprint density at radius 2 is 2.00 bits per heavy atom. The van der Waals surface area contributed by atoms with Crippen molar-refractivity contribution < 1.29 is 4.79 Å². The lowest BCUT2D eigenvalue weighted by molar-refractivity contribution is 0.165. The van der Waals surface area contributed by atoms with Crippen LogP contribution in [-0.4, -0.2) is 58.0 Å². The van der Waals surface area contributed by atoms with E-state index in [0.717, 1.165) is 25.3 Å². The summed E-state index contributed by atoms with van der Waals surface area (Å²) in [5.74, 6) is 0. The van der Waals surface area contributed by atoms with E-state index in [9.17, 15) is 4.79 Å². The molecule has 6 heteroatoms. The van der Waals surface area contributed by atoms with Crippen LogP contribution in [0.1, 0.15) is 58.2 Å². The lowest BCUT2D eigenvalue weighted by Crippen LogP contribution is -2.55. The minimum atomic E-state index is -0.263. The summed E-state index contributed by atoms with van der Waals surface area (Å²) in [5, 5.41) is 3.18. The summed E-state index contributed by atoms with van der Waals surface area (Å²) in [4.78, 5) is 25.0. The highest BCUT2D eigenvalue weighted by Crippen LogP contribution is 2.17. The lowest BCUT2D eigenvalue weighted by atomic mass is 10.0. The molecule has 2 amide bonds. The van der Waals surface area contributed by atoms with Gasteiger partial charge >= 0.3 is 6.03 Å². The third kappa shape index (κ3) is 5.44. The van der Waals surface area contributed by atoms with Crippen molar-refractivity contribution in [3.63, 3.8) is 0 Å². The van der Waals surface area contributed by atoms with Crippen LogP contribution in [0.3, 0.4) is 0 Å². The molecule has 1 aliphatic heterocycles. The first-order chi connectivity index (χ1) is 11.4. The number of hydrogen-bond acceptors (Lipinski definition) is 4. The molecule has 2 heterocycles. The standard InChI is InChI=1S/C18H31N5O/c1-15(16-9-10-19-14-20-16)22(4)17(24)21-18(2,3)13-23-11-7-5-6-8-12-23/h9-10,14-15H,5-8,11-13H2,1-4H3,(H,21,24).